The van der Waals surface area contributed by atoms with E-state index in [0.29, 0.717) is 16.9 Å². The maximum atomic E-state index is 13.8. The Balaban J connectivity index is 1.40. The molecule has 4 amide bonds. The minimum Gasteiger partial charge on any atom is -0.323 e. The van der Waals surface area contributed by atoms with Gasteiger partial charge in [-0.25, -0.2) is 9.78 Å². The Labute approximate surface area is 195 Å². The van der Waals surface area contributed by atoms with E-state index in [1.165, 1.54) is 0 Å². The van der Waals surface area contributed by atoms with E-state index < -0.39 is 41.7 Å². The van der Waals surface area contributed by atoms with Gasteiger partial charge >= 0.3 is 12.2 Å². The number of hydrogen-bond donors (Lipinski definition) is 2. The number of benzene rings is 1. The van der Waals surface area contributed by atoms with E-state index >= 15 is 0 Å². The molecule has 5 rings (SSSR count). The standard InChI is InChI=1S/C22H18F3N5O3S/c1-21(12-7-8-12)18(32)30(20(33)29-21)10-15(31)27-19-28-17-16(34-19)13(22(23,24)25)9-14(26-17)11-5-3-2-4-6-11/h2-6,9,12H,7-8,10H2,1H3,(H,29,33)(H,26,27,28,31)/t21-/m1/s1. The summed E-state index contributed by atoms with van der Waals surface area (Å²) in [6.07, 6.45) is -3.03. The number of thiazole rings is 1. The number of anilines is 1. The molecule has 1 aliphatic heterocycles. The molecule has 0 radical (unpaired) electrons. The van der Waals surface area contributed by atoms with Crippen LogP contribution in [0.3, 0.4) is 0 Å². The van der Waals surface area contributed by atoms with Gasteiger partial charge in [-0.3, -0.25) is 14.5 Å². The Morgan fingerprint density at radius 3 is 2.59 bits per heavy atom. The van der Waals surface area contributed by atoms with Crippen LogP contribution in [0.15, 0.2) is 36.4 Å². The van der Waals surface area contributed by atoms with Crippen LogP contribution in [-0.2, 0) is 15.8 Å². The number of fused-ring (bicyclic) bond motifs is 1. The normalized spacial score (nSPS) is 20.6. The summed E-state index contributed by atoms with van der Waals surface area (Å²) < 4.78 is 41.1. The van der Waals surface area contributed by atoms with Gasteiger partial charge in [-0.05, 0) is 31.7 Å². The van der Waals surface area contributed by atoms with Crippen molar-refractivity contribution in [2.45, 2.75) is 31.5 Å². The zero-order valence-electron chi connectivity index (χ0n) is 17.8. The van der Waals surface area contributed by atoms with E-state index in [1.807, 2.05) is 0 Å². The monoisotopic (exact) mass is 489 g/mol. The molecule has 0 bridgehead atoms. The van der Waals surface area contributed by atoms with Gasteiger partial charge in [-0.15, -0.1) is 0 Å². The fourth-order valence-corrected chi connectivity index (χ4v) is 4.99. The molecule has 8 nitrogen and oxygen atoms in total. The SMILES string of the molecule is C[C@]1(C2CC2)NC(=O)N(CC(=O)Nc2nc3nc(-c4ccccc4)cc(C(F)(F)F)c3s2)C1=O. The van der Waals surface area contributed by atoms with Gasteiger partial charge < -0.3 is 10.6 Å². The van der Waals surface area contributed by atoms with Crippen molar-refractivity contribution in [3.8, 4) is 11.3 Å². The van der Waals surface area contributed by atoms with E-state index in [1.54, 1.807) is 37.3 Å². The predicted molar refractivity (Wildman–Crippen MR) is 118 cm³/mol. The number of carbonyl (C=O) groups excluding carboxylic acids is 3. The smallest absolute Gasteiger partial charge is 0.323 e. The van der Waals surface area contributed by atoms with Crippen LogP contribution < -0.4 is 10.6 Å². The number of pyridine rings is 1. The molecule has 0 unspecified atom stereocenters. The lowest BCUT2D eigenvalue weighted by molar-refractivity contribution is -0.136. The number of halogens is 3. The van der Waals surface area contributed by atoms with Crippen LogP contribution >= 0.6 is 11.3 Å². The van der Waals surface area contributed by atoms with Gasteiger partial charge in [0.1, 0.15) is 12.1 Å². The largest absolute Gasteiger partial charge is 0.417 e. The number of hydrogen-bond acceptors (Lipinski definition) is 6. The summed E-state index contributed by atoms with van der Waals surface area (Å²) in [4.78, 5) is 46.6. The van der Waals surface area contributed by atoms with Gasteiger partial charge in [-0.2, -0.15) is 18.2 Å². The lowest BCUT2D eigenvalue weighted by atomic mass is 9.96. The lowest BCUT2D eigenvalue weighted by Crippen LogP contribution is -2.46. The van der Waals surface area contributed by atoms with Crippen molar-refractivity contribution < 1.29 is 27.6 Å². The summed E-state index contributed by atoms with van der Waals surface area (Å²) >= 11 is 0.628. The van der Waals surface area contributed by atoms with Crippen molar-refractivity contribution in [1.82, 2.24) is 20.2 Å². The van der Waals surface area contributed by atoms with Crippen molar-refractivity contribution in [3.05, 3.63) is 42.0 Å². The van der Waals surface area contributed by atoms with Crippen LogP contribution in [0.25, 0.3) is 21.6 Å². The molecule has 34 heavy (non-hydrogen) atoms. The Kier molecular flexibility index (Phi) is 5.08. The predicted octanol–water partition coefficient (Wildman–Crippen LogP) is 4.04. The molecule has 2 fully saturated rings. The van der Waals surface area contributed by atoms with Crippen molar-refractivity contribution in [2.24, 2.45) is 5.92 Å². The average Bonchev–Trinajstić information content (AvgIpc) is 3.53. The number of imide groups is 1. The molecule has 2 aromatic heterocycles. The van der Waals surface area contributed by atoms with E-state index in [0.717, 1.165) is 23.8 Å². The fraction of sp³-hybridized carbons (Fsp3) is 0.318. The summed E-state index contributed by atoms with van der Waals surface area (Å²) in [6.45, 7) is 1.06. The molecule has 0 spiro atoms. The summed E-state index contributed by atoms with van der Waals surface area (Å²) in [5, 5.41) is 4.92. The minimum atomic E-state index is -4.66. The molecule has 176 valence electrons. The third-order valence-corrected chi connectivity index (χ3v) is 6.97. The van der Waals surface area contributed by atoms with Crippen LogP contribution in [0.2, 0.25) is 0 Å². The highest BCUT2D eigenvalue weighted by atomic mass is 32.1. The molecule has 2 N–H and O–H groups in total. The molecule has 3 aromatic rings. The minimum absolute atomic E-state index is 0.0342. The van der Waals surface area contributed by atoms with Crippen LogP contribution in [0.1, 0.15) is 25.3 Å². The third-order valence-electron chi connectivity index (χ3n) is 5.98. The zero-order chi connectivity index (χ0) is 24.3. The maximum absolute atomic E-state index is 13.8. The zero-order valence-corrected chi connectivity index (χ0v) is 18.6. The van der Waals surface area contributed by atoms with Crippen LogP contribution in [0.5, 0.6) is 0 Å². The van der Waals surface area contributed by atoms with Crippen molar-refractivity contribution in [1.29, 1.82) is 0 Å². The summed E-state index contributed by atoms with van der Waals surface area (Å²) in [6, 6.07) is 8.66. The highest BCUT2D eigenvalue weighted by Gasteiger charge is 2.56. The number of amides is 4. The number of urea groups is 1. The van der Waals surface area contributed by atoms with Gasteiger partial charge in [0.15, 0.2) is 10.8 Å². The van der Waals surface area contributed by atoms with Crippen molar-refractivity contribution in [3.63, 3.8) is 0 Å². The second-order valence-electron chi connectivity index (χ2n) is 8.44. The molecule has 3 heterocycles. The molecule has 1 saturated carbocycles. The molecule has 2 aliphatic rings. The van der Waals surface area contributed by atoms with Crippen molar-refractivity contribution >= 4 is 44.7 Å². The van der Waals surface area contributed by atoms with Gasteiger partial charge in [0.05, 0.1) is 16.0 Å². The first-order valence-electron chi connectivity index (χ1n) is 10.4. The number of alkyl halides is 3. The first-order valence-corrected chi connectivity index (χ1v) is 11.3. The lowest BCUT2D eigenvalue weighted by Gasteiger charge is -2.20. The van der Waals surface area contributed by atoms with E-state index in [9.17, 15) is 27.6 Å². The average molecular weight is 489 g/mol. The van der Waals surface area contributed by atoms with Gasteiger partial charge in [0.25, 0.3) is 5.91 Å². The maximum Gasteiger partial charge on any atom is 0.417 e. The first kappa shape index (κ1) is 22.3. The van der Waals surface area contributed by atoms with Crippen LogP contribution in [0.4, 0.5) is 23.1 Å². The third kappa shape index (κ3) is 3.87. The topological polar surface area (TPSA) is 104 Å². The summed E-state index contributed by atoms with van der Waals surface area (Å²) in [7, 11) is 0. The van der Waals surface area contributed by atoms with Crippen LogP contribution in [-0.4, -0.2) is 44.8 Å². The highest BCUT2D eigenvalue weighted by molar-refractivity contribution is 7.22. The number of carbonyl (C=O) groups is 3. The highest BCUT2D eigenvalue weighted by Crippen LogP contribution is 2.43. The molecular formula is C22H18F3N5O3S. The van der Waals surface area contributed by atoms with Gasteiger partial charge in [0, 0.05) is 5.56 Å². The van der Waals surface area contributed by atoms with E-state index in [-0.39, 0.29) is 27.1 Å². The first-order chi connectivity index (χ1) is 16.1. The Hall–Kier alpha value is -3.54. The number of aromatic nitrogens is 2. The summed E-state index contributed by atoms with van der Waals surface area (Å²) in [5.74, 6) is -1.21. The Morgan fingerprint density at radius 2 is 1.94 bits per heavy atom. The Bertz CT molecular complexity index is 1320. The molecular weight excluding hydrogens is 471 g/mol. The van der Waals surface area contributed by atoms with E-state index in [4.69, 9.17) is 0 Å². The molecule has 1 atom stereocenters. The second-order valence-corrected chi connectivity index (χ2v) is 9.44. The Morgan fingerprint density at radius 1 is 1.24 bits per heavy atom. The molecule has 1 saturated heterocycles. The second kappa shape index (κ2) is 7.76. The van der Waals surface area contributed by atoms with E-state index in [2.05, 4.69) is 20.6 Å². The number of nitrogens with zero attached hydrogens (tertiary/aromatic N) is 3. The number of rotatable bonds is 5. The molecule has 1 aliphatic carbocycles. The van der Waals surface area contributed by atoms with Gasteiger partial charge in [0.2, 0.25) is 5.91 Å². The van der Waals surface area contributed by atoms with Crippen LogP contribution in [0, 0.1) is 5.92 Å². The summed E-state index contributed by atoms with van der Waals surface area (Å²) in [5.41, 5.74) is -1.52. The molecule has 12 heteroatoms. The van der Waals surface area contributed by atoms with Crippen molar-refractivity contribution in [2.75, 3.05) is 11.9 Å². The quantitative estimate of drug-likeness (QED) is 0.527. The van der Waals surface area contributed by atoms with Gasteiger partial charge in [-0.1, -0.05) is 41.7 Å². The number of nitrogens with one attached hydrogen (secondary N) is 2. The fourth-order valence-electron chi connectivity index (χ4n) is 4.03. The molecule has 1 aromatic carbocycles.